The van der Waals surface area contributed by atoms with Crippen LogP contribution in [0.25, 0.3) is 0 Å². The first kappa shape index (κ1) is 8.75. The summed E-state index contributed by atoms with van der Waals surface area (Å²) in [6.45, 7) is 11.1. The second kappa shape index (κ2) is 4.52. The van der Waals surface area contributed by atoms with E-state index >= 15 is 0 Å². The van der Waals surface area contributed by atoms with Gasteiger partial charge in [0.1, 0.15) is 0 Å². The third-order valence-electron chi connectivity index (χ3n) is 2.45. The van der Waals surface area contributed by atoms with Crippen molar-refractivity contribution < 1.29 is 0 Å². The Hall–Kier alpha value is -0.340. The Morgan fingerprint density at radius 3 is 2.82 bits per heavy atom. The van der Waals surface area contributed by atoms with Crippen LogP contribution in [-0.2, 0) is 0 Å². The second-order valence-electron chi connectivity index (χ2n) is 3.04. The number of nitrogens with one attached hydrogen (secondary N) is 1. The largest absolute Gasteiger partial charge is 0.314 e. The lowest BCUT2D eigenvalue weighted by Crippen LogP contribution is -2.47. The van der Waals surface area contributed by atoms with Crippen LogP contribution in [0.4, 0.5) is 0 Å². The average molecular weight is 154 g/mol. The van der Waals surface area contributed by atoms with Gasteiger partial charge in [0, 0.05) is 25.7 Å². The maximum Gasteiger partial charge on any atom is 0.0221 e. The molecule has 64 valence electrons. The first-order chi connectivity index (χ1) is 5.47. The third kappa shape index (κ3) is 2.04. The van der Waals surface area contributed by atoms with Gasteiger partial charge in [0.25, 0.3) is 0 Å². The Morgan fingerprint density at radius 2 is 2.09 bits per heavy atom. The Labute approximate surface area is 69.3 Å². The molecule has 2 aliphatic rings. The molecule has 2 nitrogen and oxygen atoms in total. The van der Waals surface area contributed by atoms with Crippen molar-refractivity contribution in [2.24, 2.45) is 0 Å². The van der Waals surface area contributed by atoms with Gasteiger partial charge >= 0.3 is 0 Å². The minimum Gasteiger partial charge on any atom is -0.314 e. The molecule has 0 bridgehead atoms. The van der Waals surface area contributed by atoms with E-state index in [1.165, 1.54) is 39.0 Å². The number of hydrogen-bond donors (Lipinski definition) is 1. The summed E-state index contributed by atoms with van der Waals surface area (Å²) < 4.78 is 0. The first-order valence-corrected chi connectivity index (χ1v) is 4.41. The van der Waals surface area contributed by atoms with Crippen molar-refractivity contribution in [3.63, 3.8) is 0 Å². The molecule has 2 aliphatic heterocycles. The first-order valence-electron chi connectivity index (χ1n) is 4.41. The van der Waals surface area contributed by atoms with Crippen molar-refractivity contribution in [2.45, 2.75) is 18.9 Å². The second-order valence-corrected chi connectivity index (χ2v) is 3.04. The van der Waals surface area contributed by atoms with Crippen LogP contribution in [0.2, 0.25) is 0 Å². The van der Waals surface area contributed by atoms with Crippen LogP contribution in [-0.4, -0.2) is 37.1 Å². The van der Waals surface area contributed by atoms with Gasteiger partial charge in [0.2, 0.25) is 0 Å². The molecule has 0 aromatic rings. The van der Waals surface area contributed by atoms with Crippen LogP contribution in [0, 0.1) is 0 Å². The summed E-state index contributed by atoms with van der Waals surface area (Å²) in [6.07, 6.45) is 2.85. The molecule has 1 unspecified atom stereocenters. The highest BCUT2D eigenvalue weighted by atomic mass is 15.2. The van der Waals surface area contributed by atoms with Crippen LogP contribution in [0.3, 0.4) is 0 Å². The summed E-state index contributed by atoms with van der Waals surface area (Å²) in [7, 11) is 0. The fourth-order valence-electron chi connectivity index (χ4n) is 1.91. The minimum atomic E-state index is 0.888. The molecule has 0 aliphatic carbocycles. The zero-order valence-corrected chi connectivity index (χ0v) is 7.18. The van der Waals surface area contributed by atoms with Crippen molar-refractivity contribution in [1.82, 2.24) is 10.2 Å². The maximum atomic E-state index is 3.41. The smallest absolute Gasteiger partial charge is 0.0221 e. The highest BCUT2D eigenvalue weighted by Crippen LogP contribution is 2.17. The molecule has 0 amide bonds. The average Bonchev–Trinajstić information content (AvgIpc) is 2.55. The number of hydrogen-bond acceptors (Lipinski definition) is 2. The number of nitrogens with zero attached hydrogens (tertiary/aromatic N) is 1. The van der Waals surface area contributed by atoms with Gasteiger partial charge in [-0.1, -0.05) is 0 Å². The number of rotatable bonds is 0. The molecule has 2 heterocycles. The van der Waals surface area contributed by atoms with E-state index in [4.69, 9.17) is 0 Å². The minimum absolute atomic E-state index is 0.888. The van der Waals surface area contributed by atoms with Crippen molar-refractivity contribution in [3.05, 3.63) is 13.2 Å². The Morgan fingerprint density at radius 1 is 1.27 bits per heavy atom. The van der Waals surface area contributed by atoms with Crippen LogP contribution in [0.1, 0.15) is 12.8 Å². The van der Waals surface area contributed by atoms with Gasteiger partial charge < -0.3 is 5.32 Å². The Bertz CT molecular complexity index is 102. The lowest BCUT2D eigenvalue weighted by atomic mass is 10.2. The lowest BCUT2D eigenvalue weighted by molar-refractivity contribution is 0.212. The van der Waals surface area contributed by atoms with Crippen molar-refractivity contribution in [3.8, 4) is 0 Å². The SMILES string of the molecule is C1CC2CNCCN2C1.C=C. The van der Waals surface area contributed by atoms with Crippen LogP contribution in [0.15, 0.2) is 13.2 Å². The summed E-state index contributed by atoms with van der Waals surface area (Å²) in [5, 5.41) is 3.41. The van der Waals surface area contributed by atoms with Gasteiger partial charge in [-0.15, -0.1) is 13.2 Å². The zero-order chi connectivity index (χ0) is 8.10. The molecule has 2 fully saturated rings. The number of piperazine rings is 1. The highest BCUT2D eigenvalue weighted by molar-refractivity contribution is 4.84. The van der Waals surface area contributed by atoms with E-state index in [-0.39, 0.29) is 0 Å². The molecule has 0 aromatic heterocycles. The third-order valence-corrected chi connectivity index (χ3v) is 2.45. The van der Waals surface area contributed by atoms with E-state index in [2.05, 4.69) is 23.4 Å². The summed E-state index contributed by atoms with van der Waals surface area (Å²) in [5.41, 5.74) is 0. The maximum absolute atomic E-state index is 3.41. The monoisotopic (exact) mass is 154 g/mol. The molecule has 2 heteroatoms. The van der Waals surface area contributed by atoms with E-state index in [0.717, 1.165) is 6.04 Å². The Balaban J connectivity index is 0.000000281. The van der Waals surface area contributed by atoms with Gasteiger partial charge in [0.15, 0.2) is 0 Å². The van der Waals surface area contributed by atoms with Gasteiger partial charge in [-0.25, -0.2) is 0 Å². The predicted molar refractivity (Wildman–Crippen MR) is 48.7 cm³/mol. The topological polar surface area (TPSA) is 15.3 Å². The van der Waals surface area contributed by atoms with Gasteiger partial charge in [-0.05, 0) is 19.4 Å². The molecule has 2 saturated heterocycles. The van der Waals surface area contributed by atoms with Gasteiger partial charge in [-0.3, -0.25) is 4.90 Å². The molecule has 0 saturated carbocycles. The van der Waals surface area contributed by atoms with Crippen LogP contribution in [0.5, 0.6) is 0 Å². The quantitative estimate of drug-likeness (QED) is 0.520. The summed E-state index contributed by atoms with van der Waals surface area (Å²) >= 11 is 0. The number of fused-ring (bicyclic) bond motifs is 1. The van der Waals surface area contributed by atoms with Crippen LogP contribution >= 0.6 is 0 Å². The van der Waals surface area contributed by atoms with E-state index in [9.17, 15) is 0 Å². The van der Waals surface area contributed by atoms with E-state index in [1.807, 2.05) is 0 Å². The molecular weight excluding hydrogens is 136 g/mol. The standard InChI is InChI=1S/C7H14N2.C2H4/c1-2-7-6-8-3-5-9(7)4-1;1-2/h7-8H,1-6H2;1-2H2. The fourth-order valence-corrected chi connectivity index (χ4v) is 1.91. The highest BCUT2D eigenvalue weighted by Gasteiger charge is 2.25. The molecule has 2 rings (SSSR count). The van der Waals surface area contributed by atoms with Gasteiger partial charge in [-0.2, -0.15) is 0 Å². The normalized spacial score (nSPS) is 30.4. The lowest BCUT2D eigenvalue weighted by Gasteiger charge is -2.29. The summed E-state index contributed by atoms with van der Waals surface area (Å²) in [4.78, 5) is 2.61. The zero-order valence-electron chi connectivity index (χ0n) is 7.18. The molecule has 0 aromatic carbocycles. The van der Waals surface area contributed by atoms with E-state index in [0.29, 0.717) is 0 Å². The predicted octanol–water partition coefficient (Wildman–Crippen LogP) is 0.856. The molecule has 1 N–H and O–H groups in total. The molecule has 0 radical (unpaired) electrons. The van der Waals surface area contributed by atoms with Gasteiger partial charge in [0.05, 0.1) is 0 Å². The molecule has 0 spiro atoms. The van der Waals surface area contributed by atoms with Crippen molar-refractivity contribution in [2.75, 3.05) is 26.2 Å². The van der Waals surface area contributed by atoms with Crippen molar-refractivity contribution in [1.29, 1.82) is 0 Å². The van der Waals surface area contributed by atoms with E-state index < -0.39 is 0 Å². The summed E-state index contributed by atoms with van der Waals surface area (Å²) in [6, 6.07) is 0.888. The molecule has 11 heavy (non-hydrogen) atoms. The molecule has 1 atom stereocenters. The van der Waals surface area contributed by atoms with E-state index in [1.54, 1.807) is 0 Å². The fraction of sp³-hybridized carbons (Fsp3) is 0.778. The van der Waals surface area contributed by atoms with Crippen LogP contribution < -0.4 is 5.32 Å². The Kier molecular flexibility index (Phi) is 3.60. The summed E-state index contributed by atoms with van der Waals surface area (Å²) in [5.74, 6) is 0. The molecular formula is C9H18N2. The van der Waals surface area contributed by atoms with Crippen molar-refractivity contribution >= 4 is 0 Å².